The van der Waals surface area contributed by atoms with Crippen LogP contribution in [0.1, 0.15) is 174 Å². The van der Waals surface area contributed by atoms with E-state index >= 15 is 0 Å². The lowest BCUT2D eigenvalue weighted by molar-refractivity contribution is 0.265. The van der Waals surface area contributed by atoms with Gasteiger partial charge in [-0.25, -0.2) is 0 Å². The highest BCUT2D eigenvalue weighted by Gasteiger charge is 2.25. The van der Waals surface area contributed by atoms with Crippen LogP contribution in [0.2, 0.25) is 0 Å². The summed E-state index contributed by atoms with van der Waals surface area (Å²) in [7, 11) is 0. The fraction of sp³-hybridized carbons (Fsp3) is 0.778. The summed E-state index contributed by atoms with van der Waals surface area (Å²) >= 11 is 0. The van der Waals surface area contributed by atoms with Crippen molar-refractivity contribution >= 4 is 0 Å². The highest BCUT2D eigenvalue weighted by molar-refractivity contribution is 4.98. The molecule has 0 saturated carbocycles. The van der Waals surface area contributed by atoms with Crippen molar-refractivity contribution < 1.29 is 0 Å². The van der Waals surface area contributed by atoms with Crippen molar-refractivity contribution in [2.24, 2.45) is 5.41 Å². The van der Waals surface area contributed by atoms with E-state index in [0.29, 0.717) is 5.41 Å². The van der Waals surface area contributed by atoms with Crippen LogP contribution in [-0.4, -0.2) is 0 Å². The first-order valence-electron chi connectivity index (χ1n) is 16.2. The van der Waals surface area contributed by atoms with E-state index in [0.717, 1.165) is 0 Å². The highest BCUT2D eigenvalue weighted by Crippen LogP contribution is 2.39. The first-order valence-corrected chi connectivity index (χ1v) is 16.2. The van der Waals surface area contributed by atoms with Crippen LogP contribution < -0.4 is 0 Å². The zero-order chi connectivity index (χ0) is 26.4. The molecule has 0 N–H and O–H groups in total. The van der Waals surface area contributed by atoms with E-state index in [4.69, 9.17) is 0 Å². The number of allylic oxidation sites excluding steroid dienone is 5. The average molecular weight is 499 g/mol. The molecule has 0 aliphatic heterocycles. The van der Waals surface area contributed by atoms with Gasteiger partial charge in [-0.15, -0.1) is 19.7 Å². The molecule has 1 atom stereocenters. The smallest absolute Gasteiger partial charge is 0.0118 e. The second-order valence-corrected chi connectivity index (χ2v) is 11.4. The molecule has 0 rings (SSSR count). The second kappa shape index (κ2) is 28.5. The van der Waals surface area contributed by atoms with Crippen LogP contribution >= 0.6 is 0 Å². The van der Waals surface area contributed by atoms with E-state index in [-0.39, 0.29) is 0 Å². The predicted molar refractivity (Wildman–Crippen MR) is 168 cm³/mol. The molecule has 0 aliphatic carbocycles. The summed E-state index contributed by atoms with van der Waals surface area (Å²) in [4.78, 5) is 0. The topological polar surface area (TPSA) is 0 Å². The van der Waals surface area contributed by atoms with Crippen molar-refractivity contribution in [3.05, 3.63) is 50.1 Å². The predicted octanol–water partition coefficient (Wildman–Crippen LogP) is 13.2. The lowest BCUT2D eigenvalue weighted by Gasteiger charge is -2.32. The molecule has 1 unspecified atom stereocenters. The number of hydrogen-bond donors (Lipinski definition) is 0. The Morgan fingerprint density at radius 3 is 0.944 bits per heavy atom. The third kappa shape index (κ3) is 23.4. The molecular formula is C36H66. The maximum absolute atomic E-state index is 3.92. The van der Waals surface area contributed by atoms with Gasteiger partial charge in [-0.2, -0.15) is 0 Å². The molecular weight excluding hydrogens is 432 g/mol. The Kier molecular flexibility index (Phi) is 27.7. The van der Waals surface area contributed by atoms with Crippen molar-refractivity contribution in [2.75, 3.05) is 0 Å². The Hall–Kier alpha value is -1.04. The molecule has 0 saturated heterocycles. The summed E-state index contributed by atoms with van der Waals surface area (Å²) < 4.78 is 0. The van der Waals surface area contributed by atoms with Crippen molar-refractivity contribution in [2.45, 2.75) is 174 Å². The Morgan fingerprint density at radius 2 is 0.639 bits per heavy atom. The number of rotatable bonds is 30. The molecule has 0 amide bonds. The minimum Gasteiger partial charge on any atom is -0.103 e. The van der Waals surface area contributed by atoms with Gasteiger partial charge < -0.3 is 0 Å². The Labute approximate surface area is 229 Å². The summed E-state index contributed by atoms with van der Waals surface area (Å²) in [6, 6.07) is 0. The molecule has 36 heavy (non-hydrogen) atoms. The zero-order valence-electron chi connectivity index (χ0n) is 24.9. The van der Waals surface area contributed by atoms with Crippen molar-refractivity contribution in [3.8, 4) is 0 Å². The van der Waals surface area contributed by atoms with Gasteiger partial charge in [0.1, 0.15) is 0 Å². The fourth-order valence-corrected chi connectivity index (χ4v) is 5.75. The van der Waals surface area contributed by atoms with Crippen molar-refractivity contribution in [3.63, 3.8) is 0 Å². The van der Waals surface area contributed by atoms with Gasteiger partial charge in [0.2, 0.25) is 0 Å². The van der Waals surface area contributed by atoms with E-state index in [1.165, 1.54) is 167 Å². The van der Waals surface area contributed by atoms with E-state index < -0.39 is 0 Å². The molecule has 0 spiro atoms. The summed E-state index contributed by atoms with van der Waals surface area (Å²) in [5, 5.41) is 0. The molecule has 0 aliphatic rings. The Morgan fingerprint density at radius 1 is 0.389 bits per heavy atom. The minimum atomic E-state index is 0.449. The van der Waals surface area contributed by atoms with Gasteiger partial charge in [0, 0.05) is 0 Å². The molecule has 0 bridgehead atoms. The molecule has 0 aromatic rings. The summed E-state index contributed by atoms with van der Waals surface area (Å²) in [5.74, 6) is 0. The largest absolute Gasteiger partial charge is 0.103 e. The first-order chi connectivity index (χ1) is 17.7. The molecule has 0 heteroatoms. The third-order valence-electron chi connectivity index (χ3n) is 8.02. The summed E-state index contributed by atoms with van der Waals surface area (Å²) in [6.45, 7) is 13.8. The molecule has 0 aromatic carbocycles. The molecule has 0 fully saturated rings. The van der Waals surface area contributed by atoms with Crippen LogP contribution in [0.4, 0.5) is 0 Å². The summed E-state index contributed by atoms with van der Waals surface area (Å²) in [5.41, 5.74) is 0.449. The lowest BCUT2D eigenvalue weighted by Crippen LogP contribution is -2.18. The monoisotopic (exact) mass is 499 g/mol. The lowest BCUT2D eigenvalue weighted by atomic mass is 9.73. The van der Waals surface area contributed by atoms with Crippen molar-refractivity contribution in [1.29, 1.82) is 0 Å². The Bertz CT molecular complexity index is 498. The number of unbranched alkanes of at least 4 members (excludes halogenated alkanes) is 20. The van der Waals surface area contributed by atoms with E-state index in [1.54, 1.807) is 0 Å². The standard InChI is InChI=1S/C36H66/c1-5-9-12-15-17-19-20-21-22-23-24-26-28-31-35-36(32-8-4,33-29-14-11-7-3)34-30-27-25-18-16-13-10-6-2/h5-8,32H,1-3,9-31,33-35H2,4H3. The second-order valence-electron chi connectivity index (χ2n) is 11.4. The maximum atomic E-state index is 3.92. The molecule has 0 nitrogen and oxygen atoms in total. The van der Waals surface area contributed by atoms with Crippen LogP contribution in [0.15, 0.2) is 50.1 Å². The van der Waals surface area contributed by atoms with Gasteiger partial charge in [0.05, 0.1) is 0 Å². The first kappa shape index (κ1) is 35.0. The minimum absolute atomic E-state index is 0.449. The van der Waals surface area contributed by atoms with Crippen LogP contribution in [-0.2, 0) is 0 Å². The van der Waals surface area contributed by atoms with Gasteiger partial charge in [-0.05, 0) is 70.1 Å². The van der Waals surface area contributed by atoms with Crippen LogP contribution in [0, 0.1) is 5.41 Å². The summed E-state index contributed by atoms with van der Waals surface area (Å²) in [6.07, 6.45) is 47.0. The van der Waals surface area contributed by atoms with Gasteiger partial charge >= 0.3 is 0 Å². The van der Waals surface area contributed by atoms with Crippen molar-refractivity contribution in [1.82, 2.24) is 0 Å². The normalized spacial score (nSPS) is 13.1. The molecule has 0 radical (unpaired) electrons. The fourth-order valence-electron chi connectivity index (χ4n) is 5.75. The van der Waals surface area contributed by atoms with Gasteiger partial charge in [-0.3, -0.25) is 0 Å². The number of hydrogen-bond acceptors (Lipinski definition) is 0. The average Bonchev–Trinajstić information content (AvgIpc) is 2.88. The SMILES string of the molecule is C=CCCCCCCCCCCCCCCC(C=CC)(CCCCC=C)CCCCCCCCC=C. The van der Waals surface area contributed by atoms with E-state index in [1.807, 2.05) is 0 Å². The third-order valence-corrected chi connectivity index (χ3v) is 8.02. The van der Waals surface area contributed by atoms with Gasteiger partial charge in [0.15, 0.2) is 0 Å². The van der Waals surface area contributed by atoms with Gasteiger partial charge in [-0.1, -0.05) is 140 Å². The van der Waals surface area contributed by atoms with Crippen LogP contribution in [0.3, 0.4) is 0 Å². The van der Waals surface area contributed by atoms with E-state index in [9.17, 15) is 0 Å². The van der Waals surface area contributed by atoms with Crippen LogP contribution in [0.25, 0.3) is 0 Å². The maximum Gasteiger partial charge on any atom is -0.0118 e. The Balaban J connectivity index is 4.14. The molecule has 210 valence electrons. The van der Waals surface area contributed by atoms with Gasteiger partial charge in [0.25, 0.3) is 0 Å². The van der Waals surface area contributed by atoms with E-state index in [2.05, 4.69) is 57.0 Å². The van der Waals surface area contributed by atoms with Crippen LogP contribution in [0.5, 0.6) is 0 Å². The quantitative estimate of drug-likeness (QED) is 0.0682. The zero-order valence-corrected chi connectivity index (χ0v) is 24.9. The highest BCUT2D eigenvalue weighted by atomic mass is 14.3. The molecule has 0 aromatic heterocycles. The molecule has 0 heterocycles.